The first-order chi connectivity index (χ1) is 17.9. The first kappa shape index (κ1) is 27.1. The van der Waals surface area contributed by atoms with Gasteiger partial charge in [-0.25, -0.2) is 17.6 Å². The van der Waals surface area contributed by atoms with Gasteiger partial charge in [0, 0.05) is 22.6 Å². The molecule has 0 aliphatic carbocycles. The monoisotopic (exact) mass is 510 g/mol. The molecule has 1 nitrogen and oxygen atoms in total. The minimum atomic E-state index is -0.936. The Morgan fingerprint density at radius 3 is 2.00 bits per heavy atom. The molecule has 1 aliphatic rings. The molecule has 0 radical (unpaired) electrons. The summed E-state index contributed by atoms with van der Waals surface area (Å²) in [5.41, 5.74) is 1.80. The summed E-state index contributed by atoms with van der Waals surface area (Å²) in [7, 11) is 0. The summed E-state index contributed by atoms with van der Waals surface area (Å²) in [6, 6.07) is 12.8. The predicted molar refractivity (Wildman–Crippen MR) is 141 cm³/mol. The third-order valence-electron chi connectivity index (χ3n) is 7.20. The third-order valence-corrected chi connectivity index (χ3v) is 7.20. The molecule has 2 unspecified atom stereocenters. The van der Waals surface area contributed by atoms with E-state index in [9.17, 15) is 8.78 Å². The van der Waals surface area contributed by atoms with Crippen molar-refractivity contribution in [3.63, 3.8) is 0 Å². The molecule has 0 aromatic heterocycles. The number of ether oxygens (including phenoxy) is 1. The molecular formula is C32H34F4O. The number of hydrogen-bond acceptors (Lipinski definition) is 1. The van der Waals surface area contributed by atoms with Crippen molar-refractivity contribution in [3.05, 3.63) is 95.1 Å². The van der Waals surface area contributed by atoms with E-state index in [0.29, 0.717) is 42.1 Å². The van der Waals surface area contributed by atoms with E-state index in [2.05, 4.69) is 13.0 Å². The van der Waals surface area contributed by atoms with Crippen LogP contribution >= 0.6 is 0 Å². The maximum Gasteiger partial charge on any atom is 0.167 e. The van der Waals surface area contributed by atoms with Gasteiger partial charge in [0.1, 0.15) is 0 Å². The second-order valence-electron chi connectivity index (χ2n) is 9.80. The lowest BCUT2D eigenvalue weighted by Gasteiger charge is -2.28. The molecule has 1 fully saturated rings. The average molecular weight is 511 g/mol. The summed E-state index contributed by atoms with van der Waals surface area (Å²) in [5, 5.41) is 0. The molecule has 0 spiro atoms. The van der Waals surface area contributed by atoms with Crippen molar-refractivity contribution < 1.29 is 22.3 Å². The number of benzene rings is 3. The number of allylic oxidation sites excluding steroid dienone is 1. The van der Waals surface area contributed by atoms with Crippen LogP contribution in [0.2, 0.25) is 0 Å². The Labute approximate surface area is 217 Å². The van der Waals surface area contributed by atoms with E-state index in [0.717, 1.165) is 32.1 Å². The molecule has 0 N–H and O–H groups in total. The molecule has 1 heterocycles. The van der Waals surface area contributed by atoms with Crippen molar-refractivity contribution in [2.45, 2.75) is 64.9 Å². The molecule has 196 valence electrons. The molecular weight excluding hydrogens is 476 g/mol. The maximum absolute atomic E-state index is 15.1. The normalized spacial score (nSPS) is 18.0. The van der Waals surface area contributed by atoms with Gasteiger partial charge in [0.2, 0.25) is 0 Å². The van der Waals surface area contributed by atoms with Crippen LogP contribution < -0.4 is 0 Å². The summed E-state index contributed by atoms with van der Waals surface area (Å²) in [6.07, 6.45) is 9.53. The minimum Gasteiger partial charge on any atom is -0.373 e. The van der Waals surface area contributed by atoms with Crippen LogP contribution in [-0.4, -0.2) is 6.61 Å². The Morgan fingerprint density at radius 2 is 1.41 bits per heavy atom. The zero-order valence-corrected chi connectivity index (χ0v) is 21.5. The Hall–Kier alpha value is -2.92. The van der Waals surface area contributed by atoms with Crippen LogP contribution in [-0.2, 0) is 11.2 Å². The van der Waals surface area contributed by atoms with Crippen LogP contribution in [0.3, 0.4) is 0 Å². The summed E-state index contributed by atoms with van der Waals surface area (Å²) in [6.45, 7) is 4.54. The number of aryl methyl sites for hydroxylation is 1. The molecule has 3 aromatic rings. The van der Waals surface area contributed by atoms with Gasteiger partial charge in [-0.1, -0.05) is 86.9 Å². The van der Waals surface area contributed by atoms with Crippen LogP contribution in [0.1, 0.15) is 69.6 Å². The van der Waals surface area contributed by atoms with E-state index in [-0.39, 0.29) is 16.7 Å². The highest BCUT2D eigenvalue weighted by atomic mass is 19.2. The first-order valence-electron chi connectivity index (χ1n) is 13.2. The van der Waals surface area contributed by atoms with Crippen molar-refractivity contribution >= 4 is 0 Å². The SMILES string of the molecule is C/C=C/C1CCC(c2ccc(-c3ccc(-c4ccc(CCCCCC)c(F)c4F)cc3)c(F)c2F)OC1. The topological polar surface area (TPSA) is 9.23 Å². The molecule has 0 amide bonds. The number of unbranched alkanes of at least 4 members (excludes halogenated alkanes) is 3. The molecule has 4 rings (SSSR count). The molecule has 1 aliphatic heterocycles. The minimum absolute atomic E-state index is 0.115. The highest BCUT2D eigenvalue weighted by Gasteiger charge is 2.26. The fourth-order valence-corrected chi connectivity index (χ4v) is 5.05. The zero-order valence-electron chi connectivity index (χ0n) is 21.5. The van der Waals surface area contributed by atoms with Crippen molar-refractivity contribution in [2.75, 3.05) is 6.61 Å². The number of halogens is 4. The van der Waals surface area contributed by atoms with Crippen LogP contribution in [0.15, 0.2) is 60.7 Å². The van der Waals surface area contributed by atoms with Crippen LogP contribution in [0.5, 0.6) is 0 Å². The predicted octanol–water partition coefficient (Wildman–Crippen LogP) is 9.74. The number of rotatable bonds is 9. The number of hydrogen-bond donors (Lipinski definition) is 0. The third kappa shape index (κ3) is 6.15. The summed E-state index contributed by atoms with van der Waals surface area (Å²) >= 11 is 0. The van der Waals surface area contributed by atoms with Gasteiger partial charge < -0.3 is 4.74 Å². The van der Waals surface area contributed by atoms with Gasteiger partial charge in [-0.15, -0.1) is 0 Å². The van der Waals surface area contributed by atoms with Gasteiger partial charge in [-0.2, -0.15) is 0 Å². The highest BCUT2D eigenvalue weighted by molar-refractivity contribution is 5.71. The lowest BCUT2D eigenvalue weighted by molar-refractivity contribution is -0.00743. The van der Waals surface area contributed by atoms with E-state index in [1.165, 1.54) is 0 Å². The Morgan fingerprint density at radius 1 is 0.757 bits per heavy atom. The second-order valence-corrected chi connectivity index (χ2v) is 9.80. The fourth-order valence-electron chi connectivity index (χ4n) is 5.05. The van der Waals surface area contributed by atoms with Gasteiger partial charge in [0.05, 0.1) is 12.7 Å². The molecule has 5 heteroatoms. The Bertz CT molecular complexity index is 1220. The maximum atomic E-state index is 15.1. The standard InChI is InChI=1S/C32H34F4O/c1-3-5-6-7-9-24-15-16-25(30(34)29(24)33)22-11-13-23(14-12-22)26-17-18-27(32(36)31(26)35)28-19-10-21(8-4-2)20-37-28/h4,8,11-18,21,28H,3,5-7,9-10,19-20H2,1-2H3/b8-4+. The van der Waals surface area contributed by atoms with Gasteiger partial charge in [-0.05, 0) is 49.3 Å². The van der Waals surface area contributed by atoms with Gasteiger partial charge in [-0.3, -0.25) is 0 Å². The molecule has 2 atom stereocenters. The molecule has 0 saturated carbocycles. The summed E-state index contributed by atoms with van der Waals surface area (Å²) in [5.74, 6) is -3.24. The van der Waals surface area contributed by atoms with Crippen LogP contribution in [0, 0.1) is 29.2 Å². The highest BCUT2D eigenvalue weighted by Crippen LogP contribution is 2.36. The molecule has 1 saturated heterocycles. The van der Waals surface area contributed by atoms with Crippen molar-refractivity contribution in [1.29, 1.82) is 0 Å². The van der Waals surface area contributed by atoms with E-state index < -0.39 is 29.4 Å². The van der Waals surface area contributed by atoms with Crippen molar-refractivity contribution in [3.8, 4) is 22.3 Å². The van der Waals surface area contributed by atoms with E-state index in [1.807, 2.05) is 13.0 Å². The summed E-state index contributed by atoms with van der Waals surface area (Å²) < 4.78 is 65.4. The Balaban J connectivity index is 1.50. The smallest absolute Gasteiger partial charge is 0.167 e. The van der Waals surface area contributed by atoms with Gasteiger partial charge in [0.15, 0.2) is 23.3 Å². The fraction of sp³-hybridized carbons (Fsp3) is 0.375. The zero-order chi connectivity index (χ0) is 26.4. The second kappa shape index (κ2) is 12.6. The van der Waals surface area contributed by atoms with Crippen molar-refractivity contribution in [1.82, 2.24) is 0 Å². The van der Waals surface area contributed by atoms with Crippen LogP contribution in [0.4, 0.5) is 17.6 Å². The molecule has 37 heavy (non-hydrogen) atoms. The lowest BCUT2D eigenvalue weighted by atomic mass is 9.92. The quantitative estimate of drug-likeness (QED) is 0.158. The molecule has 3 aromatic carbocycles. The lowest BCUT2D eigenvalue weighted by Crippen LogP contribution is -2.20. The van der Waals surface area contributed by atoms with E-state index in [1.54, 1.807) is 48.5 Å². The first-order valence-corrected chi connectivity index (χ1v) is 13.2. The van der Waals surface area contributed by atoms with E-state index in [4.69, 9.17) is 4.74 Å². The van der Waals surface area contributed by atoms with Crippen LogP contribution in [0.25, 0.3) is 22.3 Å². The Kier molecular flexibility index (Phi) is 9.20. The molecule has 0 bridgehead atoms. The average Bonchev–Trinajstić information content (AvgIpc) is 2.91. The van der Waals surface area contributed by atoms with Gasteiger partial charge >= 0.3 is 0 Å². The largest absolute Gasteiger partial charge is 0.373 e. The van der Waals surface area contributed by atoms with E-state index >= 15 is 8.78 Å². The van der Waals surface area contributed by atoms with Crippen molar-refractivity contribution in [2.24, 2.45) is 5.92 Å². The van der Waals surface area contributed by atoms with Gasteiger partial charge in [0.25, 0.3) is 0 Å². The summed E-state index contributed by atoms with van der Waals surface area (Å²) in [4.78, 5) is 0.